The van der Waals surface area contributed by atoms with E-state index in [1.807, 2.05) is 0 Å². The molecular formula is C5H9BO2. The fraction of sp³-hybridized carbons (Fsp3) is 0.800. The first-order valence-corrected chi connectivity index (χ1v) is 2.54. The topological polar surface area (TPSA) is 37.3 Å². The van der Waals surface area contributed by atoms with E-state index in [9.17, 15) is 4.79 Å². The summed E-state index contributed by atoms with van der Waals surface area (Å²) in [4.78, 5) is 10.1. The Morgan fingerprint density at radius 2 is 2.00 bits per heavy atom. The molecule has 8 heavy (non-hydrogen) atoms. The first-order valence-electron chi connectivity index (χ1n) is 2.54. The van der Waals surface area contributed by atoms with Gasteiger partial charge in [0.25, 0.3) is 0 Å². The highest BCUT2D eigenvalue weighted by atomic mass is 16.4. The molecule has 0 amide bonds. The molecule has 0 aromatic heterocycles. The summed E-state index contributed by atoms with van der Waals surface area (Å²) in [6.45, 7) is 3.27. The van der Waals surface area contributed by atoms with Gasteiger partial charge in [0.1, 0.15) is 0 Å². The Labute approximate surface area is 50.3 Å². The Bertz CT molecular complexity index is 90.4. The van der Waals surface area contributed by atoms with Crippen LogP contribution in [-0.2, 0) is 4.79 Å². The minimum atomic E-state index is -0.833. The Balaban J connectivity index is 3.64. The van der Waals surface area contributed by atoms with E-state index in [0.717, 1.165) is 0 Å². The highest BCUT2D eigenvalue weighted by Gasteiger charge is 2.13. The van der Waals surface area contributed by atoms with E-state index >= 15 is 0 Å². The third-order valence-corrected chi connectivity index (χ3v) is 1.18. The number of aliphatic carboxylic acids is 1. The van der Waals surface area contributed by atoms with Crippen molar-refractivity contribution in [2.45, 2.75) is 19.7 Å². The summed E-state index contributed by atoms with van der Waals surface area (Å²) < 4.78 is 0. The van der Waals surface area contributed by atoms with Crippen LogP contribution in [0.3, 0.4) is 0 Å². The maximum absolute atomic E-state index is 10.1. The average Bonchev–Trinajstić information content (AvgIpc) is 1.64. The predicted molar refractivity (Wildman–Crippen MR) is 32.0 cm³/mol. The highest BCUT2D eigenvalue weighted by Crippen LogP contribution is 2.11. The number of hydrogen-bond donors (Lipinski definition) is 1. The molecule has 2 unspecified atom stereocenters. The average molecular weight is 112 g/mol. The van der Waals surface area contributed by atoms with Gasteiger partial charge >= 0.3 is 5.97 Å². The molecule has 3 heteroatoms. The van der Waals surface area contributed by atoms with E-state index in [2.05, 4.69) is 0 Å². The van der Waals surface area contributed by atoms with Gasteiger partial charge in [0.05, 0.1) is 7.85 Å². The van der Waals surface area contributed by atoms with Crippen LogP contribution in [0.2, 0.25) is 5.82 Å². The highest BCUT2D eigenvalue weighted by molar-refractivity contribution is 6.12. The molecule has 0 heterocycles. The molecule has 1 N–H and O–H groups in total. The zero-order valence-corrected chi connectivity index (χ0v) is 5.09. The molecular weight excluding hydrogens is 103 g/mol. The SMILES string of the molecule is [B]C(C)C(C)C(=O)O. The normalized spacial score (nSPS) is 17.2. The molecule has 2 radical (unpaired) electrons. The molecule has 0 rings (SSSR count). The summed E-state index contributed by atoms with van der Waals surface area (Å²) in [7, 11) is 5.26. The van der Waals surface area contributed by atoms with Crippen LogP contribution in [0.15, 0.2) is 0 Å². The predicted octanol–water partition coefficient (Wildman–Crippen LogP) is 0.684. The molecule has 0 aliphatic rings. The van der Waals surface area contributed by atoms with Gasteiger partial charge < -0.3 is 5.11 Å². The summed E-state index contributed by atoms with van der Waals surface area (Å²) in [5, 5.41) is 8.27. The number of carbonyl (C=O) groups is 1. The number of rotatable bonds is 2. The Morgan fingerprint density at radius 3 is 2.00 bits per heavy atom. The molecule has 0 saturated heterocycles. The second kappa shape index (κ2) is 2.75. The van der Waals surface area contributed by atoms with Crippen LogP contribution in [-0.4, -0.2) is 18.9 Å². The molecule has 0 aliphatic heterocycles. The fourth-order valence-corrected chi connectivity index (χ4v) is 0.225. The Morgan fingerprint density at radius 1 is 1.62 bits per heavy atom. The van der Waals surface area contributed by atoms with Crippen molar-refractivity contribution in [3.05, 3.63) is 0 Å². The molecule has 0 fully saturated rings. The minimum Gasteiger partial charge on any atom is -0.481 e. The van der Waals surface area contributed by atoms with Gasteiger partial charge in [0.15, 0.2) is 0 Å². The lowest BCUT2D eigenvalue weighted by molar-refractivity contribution is -0.141. The number of carboxylic acid groups (broad SMARTS) is 1. The Kier molecular flexibility index (Phi) is 2.59. The first-order chi connectivity index (χ1) is 3.55. The van der Waals surface area contributed by atoms with Gasteiger partial charge in [-0.3, -0.25) is 4.79 Å². The van der Waals surface area contributed by atoms with Gasteiger partial charge in [-0.2, -0.15) is 0 Å². The van der Waals surface area contributed by atoms with Gasteiger partial charge in [-0.05, 0) is 0 Å². The van der Waals surface area contributed by atoms with Crippen molar-refractivity contribution in [2.24, 2.45) is 5.92 Å². The van der Waals surface area contributed by atoms with E-state index in [-0.39, 0.29) is 5.82 Å². The van der Waals surface area contributed by atoms with Crippen LogP contribution in [0, 0.1) is 5.92 Å². The molecule has 0 aromatic rings. The zero-order chi connectivity index (χ0) is 6.73. The van der Waals surface area contributed by atoms with Crippen LogP contribution in [0.1, 0.15) is 13.8 Å². The van der Waals surface area contributed by atoms with Crippen molar-refractivity contribution in [1.82, 2.24) is 0 Å². The molecule has 0 spiro atoms. The van der Waals surface area contributed by atoms with Crippen molar-refractivity contribution in [3.8, 4) is 0 Å². The zero-order valence-electron chi connectivity index (χ0n) is 5.09. The molecule has 0 saturated carbocycles. The summed E-state index contributed by atoms with van der Waals surface area (Å²) in [6, 6.07) is 0. The van der Waals surface area contributed by atoms with Crippen molar-refractivity contribution >= 4 is 13.8 Å². The lowest BCUT2D eigenvalue weighted by Gasteiger charge is -2.08. The van der Waals surface area contributed by atoms with Crippen LogP contribution >= 0.6 is 0 Å². The third-order valence-electron chi connectivity index (χ3n) is 1.18. The van der Waals surface area contributed by atoms with Gasteiger partial charge in [-0.15, -0.1) is 0 Å². The lowest BCUT2D eigenvalue weighted by atomic mass is 9.79. The maximum atomic E-state index is 10.1. The van der Waals surface area contributed by atoms with Crippen molar-refractivity contribution in [2.75, 3.05) is 0 Å². The molecule has 2 atom stereocenters. The molecule has 0 aromatic carbocycles. The number of hydrogen-bond acceptors (Lipinski definition) is 1. The fourth-order valence-electron chi connectivity index (χ4n) is 0.225. The second-order valence-corrected chi connectivity index (χ2v) is 1.99. The monoisotopic (exact) mass is 112 g/mol. The van der Waals surface area contributed by atoms with E-state index in [1.165, 1.54) is 0 Å². The first kappa shape index (κ1) is 7.53. The standard InChI is InChI=1S/C5H9BO2/c1-3(4(2)6)5(7)8/h3-4H,1-2H3,(H,7,8). The molecule has 2 nitrogen and oxygen atoms in total. The van der Waals surface area contributed by atoms with E-state index in [1.54, 1.807) is 13.8 Å². The van der Waals surface area contributed by atoms with Crippen LogP contribution in [0.25, 0.3) is 0 Å². The van der Waals surface area contributed by atoms with Crippen molar-refractivity contribution in [1.29, 1.82) is 0 Å². The molecule has 0 bridgehead atoms. The van der Waals surface area contributed by atoms with Crippen LogP contribution < -0.4 is 0 Å². The van der Waals surface area contributed by atoms with Gasteiger partial charge in [0, 0.05) is 5.92 Å². The van der Waals surface area contributed by atoms with Gasteiger partial charge in [-0.25, -0.2) is 0 Å². The van der Waals surface area contributed by atoms with Gasteiger partial charge in [-0.1, -0.05) is 19.7 Å². The second-order valence-electron chi connectivity index (χ2n) is 1.99. The van der Waals surface area contributed by atoms with E-state index in [0.29, 0.717) is 0 Å². The maximum Gasteiger partial charge on any atom is 0.305 e. The quantitative estimate of drug-likeness (QED) is 0.533. The minimum absolute atomic E-state index is 0.257. The largest absolute Gasteiger partial charge is 0.481 e. The summed E-state index contributed by atoms with van der Waals surface area (Å²) >= 11 is 0. The van der Waals surface area contributed by atoms with Crippen LogP contribution in [0.4, 0.5) is 0 Å². The van der Waals surface area contributed by atoms with Gasteiger partial charge in [0.2, 0.25) is 0 Å². The summed E-state index contributed by atoms with van der Waals surface area (Å²) in [5.74, 6) is -1.53. The summed E-state index contributed by atoms with van der Waals surface area (Å²) in [5.41, 5.74) is 0. The molecule has 0 aliphatic carbocycles. The van der Waals surface area contributed by atoms with Crippen molar-refractivity contribution < 1.29 is 9.90 Å². The molecule has 44 valence electrons. The van der Waals surface area contributed by atoms with Crippen LogP contribution in [0.5, 0.6) is 0 Å². The lowest BCUT2D eigenvalue weighted by Crippen LogP contribution is -2.13. The number of carboxylic acids is 1. The summed E-state index contributed by atoms with van der Waals surface area (Å²) in [6.07, 6.45) is 0. The third kappa shape index (κ3) is 2.00. The van der Waals surface area contributed by atoms with E-state index < -0.39 is 11.9 Å². The Hall–Kier alpha value is -0.465. The van der Waals surface area contributed by atoms with E-state index in [4.69, 9.17) is 13.0 Å². The smallest absolute Gasteiger partial charge is 0.305 e. The van der Waals surface area contributed by atoms with Crippen molar-refractivity contribution in [3.63, 3.8) is 0 Å².